The molecule has 1 heterocycles. The molecule has 0 spiro atoms. The molecule has 0 aliphatic rings. The van der Waals surface area contributed by atoms with Gasteiger partial charge in [-0.15, -0.1) is 0 Å². The van der Waals surface area contributed by atoms with Crippen LogP contribution in [0, 0.1) is 0 Å². The molecule has 0 bridgehead atoms. The molecular formula is C16H29N5. The number of hydrogen-bond donors (Lipinski definition) is 2. The van der Waals surface area contributed by atoms with E-state index in [0.29, 0.717) is 12.6 Å². The molecule has 0 fully saturated rings. The van der Waals surface area contributed by atoms with Crippen LogP contribution < -0.4 is 15.5 Å². The molecule has 1 aromatic heterocycles. The van der Waals surface area contributed by atoms with E-state index in [1.807, 2.05) is 6.20 Å². The first-order valence-electron chi connectivity index (χ1n) is 7.85. The lowest BCUT2D eigenvalue weighted by Crippen LogP contribution is -2.41. The molecule has 0 unspecified atom stereocenters. The average molecular weight is 291 g/mol. The zero-order valence-corrected chi connectivity index (χ0v) is 14.0. The molecule has 1 rings (SSSR count). The highest BCUT2D eigenvalue weighted by atomic mass is 15.2. The Bertz CT molecular complexity index is 421. The molecule has 0 aliphatic carbocycles. The summed E-state index contributed by atoms with van der Waals surface area (Å²) < 4.78 is 0. The predicted octanol–water partition coefficient (Wildman–Crippen LogP) is 2.39. The van der Waals surface area contributed by atoms with Crippen molar-refractivity contribution < 1.29 is 0 Å². The van der Waals surface area contributed by atoms with Gasteiger partial charge in [-0.1, -0.05) is 6.07 Å². The van der Waals surface area contributed by atoms with Crippen LogP contribution in [0.15, 0.2) is 23.3 Å². The number of nitrogens with zero attached hydrogens (tertiary/aromatic N) is 3. The number of pyridine rings is 1. The molecule has 0 aliphatic heterocycles. The van der Waals surface area contributed by atoms with Crippen LogP contribution in [0.25, 0.3) is 0 Å². The molecular weight excluding hydrogens is 262 g/mol. The SMILES string of the molecule is CCNC(=NCc1ccc(N(CC)CC)nc1)NC(C)C. The summed E-state index contributed by atoms with van der Waals surface area (Å²) in [6.07, 6.45) is 1.91. The molecule has 0 radical (unpaired) electrons. The summed E-state index contributed by atoms with van der Waals surface area (Å²) in [6, 6.07) is 4.54. The van der Waals surface area contributed by atoms with Crippen molar-refractivity contribution >= 4 is 11.8 Å². The highest BCUT2D eigenvalue weighted by Crippen LogP contribution is 2.11. The molecule has 0 amide bonds. The maximum Gasteiger partial charge on any atom is 0.191 e. The fourth-order valence-corrected chi connectivity index (χ4v) is 2.01. The van der Waals surface area contributed by atoms with Gasteiger partial charge in [-0.05, 0) is 46.2 Å². The summed E-state index contributed by atoms with van der Waals surface area (Å²) in [5.41, 5.74) is 1.12. The van der Waals surface area contributed by atoms with Crippen molar-refractivity contribution in [1.82, 2.24) is 15.6 Å². The van der Waals surface area contributed by atoms with Crippen LogP contribution >= 0.6 is 0 Å². The molecule has 5 heteroatoms. The summed E-state index contributed by atoms with van der Waals surface area (Å²) in [7, 11) is 0. The van der Waals surface area contributed by atoms with Crippen molar-refractivity contribution in [3.05, 3.63) is 23.9 Å². The van der Waals surface area contributed by atoms with Gasteiger partial charge in [0.2, 0.25) is 0 Å². The lowest BCUT2D eigenvalue weighted by Gasteiger charge is -2.19. The number of hydrogen-bond acceptors (Lipinski definition) is 3. The minimum absolute atomic E-state index is 0.367. The van der Waals surface area contributed by atoms with Gasteiger partial charge >= 0.3 is 0 Å². The normalized spacial score (nSPS) is 11.6. The van der Waals surface area contributed by atoms with Gasteiger partial charge in [0.05, 0.1) is 6.54 Å². The molecule has 1 aromatic rings. The van der Waals surface area contributed by atoms with Crippen LogP contribution in [0.4, 0.5) is 5.82 Å². The summed E-state index contributed by atoms with van der Waals surface area (Å²) >= 11 is 0. The van der Waals surface area contributed by atoms with Crippen LogP contribution in [0.3, 0.4) is 0 Å². The van der Waals surface area contributed by atoms with Crippen molar-refractivity contribution in [3.63, 3.8) is 0 Å². The first-order chi connectivity index (χ1) is 10.1. The van der Waals surface area contributed by atoms with Gasteiger partial charge in [0.1, 0.15) is 5.82 Å². The first kappa shape index (κ1) is 17.3. The smallest absolute Gasteiger partial charge is 0.191 e. The lowest BCUT2D eigenvalue weighted by molar-refractivity contribution is 0.700. The van der Waals surface area contributed by atoms with E-state index in [1.54, 1.807) is 0 Å². The molecule has 118 valence electrons. The van der Waals surface area contributed by atoms with Gasteiger partial charge in [0.25, 0.3) is 0 Å². The Morgan fingerprint density at radius 2 is 1.95 bits per heavy atom. The molecule has 0 atom stereocenters. The standard InChI is InChI=1S/C16H29N5/c1-6-17-16(20-13(4)5)19-12-14-9-10-15(18-11-14)21(7-2)8-3/h9-11,13H,6-8,12H2,1-5H3,(H2,17,19,20). The Morgan fingerprint density at radius 1 is 1.24 bits per heavy atom. The van der Waals surface area contributed by atoms with Crippen molar-refractivity contribution in [1.29, 1.82) is 0 Å². The molecule has 21 heavy (non-hydrogen) atoms. The van der Waals surface area contributed by atoms with Crippen molar-refractivity contribution in [2.24, 2.45) is 4.99 Å². The van der Waals surface area contributed by atoms with E-state index in [2.05, 4.69) is 72.3 Å². The summed E-state index contributed by atoms with van der Waals surface area (Å²) in [4.78, 5) is 11.3. The van der Waals surface area contributed by atoms with Gasteiger partial charge in [-0.3, -0.25) is 0 Å². The Labute approximate surface area is 128 Å². The van der Waals surface area contributed by atoms with Crippen molar-refractivity contribution in [3.8, 4) is 0 Å². The van der Waals surface area contributed by atoms with Crippen molar-refractivity contribution in [2.75, 3.05) is 24.5 Å². The average Bonchev–Trinajstić information content (AvgIpc) is 2.47. The fraction of sp³-hybridized carbons (Fsp3) is 0.625. The summed E-state index contributed by atoms with van der Waals surface area (Å²) in [5, 5.41) is 6.55. The molecule has 2 N–H and O–H groups in total. The number of nitrogens with one attached hydrogen (secondary N) is 2. The number of anilines is 1. The third-order valence-electron chi connectivity index (χ3n) is 3.09. The predicted molar refractivity (Wildman–Crippen MR) is 90.9 cm³/mol. The van der Waals surface area contributed by atoms with Gasteiger partial charge in [-0.25, -0.2) is 9.98 Å². The van der Waals surface area contributed by atoms with Crippen LogP contribution in [-0.4, -0.2) is 36.6 Å². The van der Waals surface area contributed by atoms with Crippen LogP contribution in [0.1, 0.15) is 40.2 Å². The maximum atomic E-state index is 4.58. The minimum atomic E-state index is 0.367. The second kappa shape index (κ2) is 9.21. The highest BCUT2D eigenvalue weighted by molar-refractivity contribution is 5.79. The van der Waals surface area contributed by atoms with Gasteiger partial charge in [-0.2, -0.15) is 0 Å². The van der Waals surface area contributed by atoms with Crippen LogP contribution in [-0.2, 0) is 6.54 Å². The highest BCUT2D eigenvalue weighted by Gasteiger charge is 2.03. The number of aliphatic imine (C=N–C) groups is 1. The number of aromatic nitrogens is 1. The first-order valence-corrected chi connectivity index (χ1v) is 7.85. The van der Waals surface area contributed by atoms with E-state index in [9.17, 15) is 0 Å². The zero-order valence-electron chi connectivity index (χ0n) is 14.0. The van der Waals surface area contributed by atoms with Gasteiger partial charge in [0.15, 0.2) is 5.96 Å². The Hall–Kier alpha value is -1.78. The van der Waals surface area contributed by atoms with E-state index in [0.717, 1.165) is 37.0 Å². The van der Waals surface area contributed by atoms with E-state index in [4.69, 9.17) is 0 Å². The third kappa shape index (κ3) is 6.02. The largest absolute Gasteiger partial charge is 0.357 e. The Morgan fingerprint density at radius 3 is 2.43 bits per heavy atom. The van der Waals surface area contributed by atoms with Gasteiger partial charge < -0.3 is 15.5 Å². The number of guanidine groups is 1. The van der Waals surface area contributed by atoms with E-state index in [1.165, 1.54) is 0 Å². The molecule has 0 saturated heterocycles. The Kier molecular flexibility index (Phi) is 7.58. The van der Waals surface area contributed by atoms with Crippen molar-refractivity contribution in [2.45, 2.75) is 47.2 Å². The Balaban J connectivity index is 2.69. The lowest BCUT2D eigenvalue weighted by atomic mass is 10.3. The molecule has 5 nitrogen and oxygen atoms in total. The van der Waals surface area contributed by atoms with Crippen LogP contribution in [0.2, 0.25) is 0 Å². The number of rotatable bonds is 7. The molecule has 0 aromatic carbocycles. The zero-order chi connectivity index (χ0) is 15.7. The third-order valence-corrected chi connectivity index (χ3v) is 3.09. The second-order valence-electron chi connectivity index (χ2n) is 5.19. The van der Waals surface area contributed by atoms with Gasteiger partial charge in [0, 0.05) is 31.9 Å². The van der Waals surface area contributed by atoms with E-state index < -0.39 is 0 Å². The summed E-state index contributed by atoms with van der Waals surface area (Å²) in [5.74, 6) is 1.88. The minimum Gasteiger partial charge on any atom is -0.357 e. The fourth-order valence-electron chi connectivity index (χ4n) is 2.01. The second-order valence-corrected chi connectivity index (χ2v) is 5.19. The molecule has 0 saturated carbocycles. The quantitative estimate of drug-likeness (QED) is 0.598. The maximum absolute atomic E-state index is 4.58. The van der Waals surface area contributed by atoms with E-state index >= 15 is 0 Å². The summed E-state index contributed by atoms with van der Waals surface area (Å²) in [6.45, 7) is 14.0. The van der Waals surface area contributed by atoms with E-state index in [-0.39, 0.29) is 0 Å². The monoisotopic (exact) mass is 291 g/mol. The topological polar surface area (TPSA) is 52.6 Å². The van der Waals surface area contributed by atoms with Crippen LogP contribution in [0.5, 0.6) is 0 Å².